The third kappa shape index (κ3) is 1.58. The molecule has 1 aliphatic heterocycles. The summed E-state index contributed by atoms with van der Waals surface area (Å²) >= 11 is 0. The molecule has 1 heterocycles. The SMILES string of the molecule is C[C@@H]1CC(F)(F)CN1C(=O)[O-]. The van der Waals surface area contributed by atoms with Gasteiger partial charge in [-0.3, -0.25) is 0 Å². The van der Waals surface area contributed by atoms with E-state index in [1.807, 2.05) is 0 Å². The quantitative estimate of drug-likeness (QED) is 0.508. The van der Waals surface area contributed by atoms with Gasteiger partial charge in [0.1, 0.15) is 6.09 Å². The largest absolute Gasteiger partial charge is 0.530 e. The third-order valence-electron chi connectivity index (χ3n) is 1.76. The van der Waals surface area contributed by atoms with E-state index in [0.29, 0.717) is 4.90 Å². The second-order valence-electron chi connectivity index (χ2n) is 2.80. The molecule has 0 unspecified atom stereocenters. The molecule has 0 bridgehead atoms. The summed E-state index contributed by atoms with van der Waals surface area (Å²) in [5.74, 6) is -2.88. The van der Waals surface area contributed by atoms with Crippen LogP contribution in [0.15, 0.2) is 0 Å². The summed E-state index contributed by atoms with van der Waals surface area (Å²) in [6.07, 6.45) is -1.92. The fraction of sp³-hybridized carbons (Fsp3) is 0.833. The predicted molar refractivity (Wildman–Crippen MR) is 31.1 cm³/mol. The van der Waals surface area contributed by atoms with Crippen molar-refractivity contribution >= 4 is 6.09 Å². The average molecular weight is 164 g/mol. The molecule has 5 heteroatoms. The maximum absolute atomic E-state index is 12.5. The van der Waals surface area contributed by atoms with E-state index in [1.165, 1.54) is 6.92 Å². The Bertz CT molecular complexity index is 183. The van der Waals surface area contributed by atoms with Gasteiger partial charge in [-0.15, -0.1) is 0 Å². The lowest BCUT2D eigenvalue weighted by Gasteiger charge is -2.22. The van der Waals surface area contributed by atoms with Crippen molar-refractivity contribution in [2.24, 2.45) is 0 Å². The van der Waals surface area contributed by atoms with E-state index in [9.17, 15) is 18.7 Å². The lowest BCUT2D eigenvalue weighted by atomic mass is 10.2. The summed E-state index contributed by atoms with van der Waals surface area (Å²) in [4.78, 5) is 10.8. The topological polar surface area (TPSA) is 43.4 Å². The van der Waals surface area contributed by atoms with Crippen LogP contribution >= 0.6 is 0 Å². The lowest BCUT2D eigenvalue weighted by molar-refractivity contribution is -0.267. The molecule has 0 aromatic carbocycles. The van der Waals surface area contributed by atoms with Crippen LogP contribution < -0.4 is 5.11 Å². The van der Waals surface area contributed by atoms with Crippen LogP contribution in [0.4, 0.5) is 13.6 Å². The molecule has 0 aromatic rings. The maximum Gasteiger partial charge on any atom is 0.267 e. The monoisotopic (exact) mass is 164 g/mol. The predicted octanol–water partition coefficient (Wildman–Crippen LogP) is 0.0592. The highest BCUT2D eigenvalue weighted by molar-refractivity contribution is 5.63. The van der Waals surface area contributed by atoms with Crippen LogP contribution in [-0.4, -0.2) is 29.5 Å². The zero-order valence-electron chi connectivity index (χ0n) is 6.01. The fourth-order valence-electron chi connectivity index (χ4n) is 1.26. The van der Waals surface area contributed by atoms with Crippen LogP contribution in [0.5, 0.6) is 0 Å². The smallest absolute Gasteiger partial charge is 0.267 e. The minimum atomic E-state index is -2.88. The molecular formula is C6H8F2NO2-. The number of carbonyl (C=O) groups excluding carboxylic acids is 1. The molecule has 1 rings (SSSR count). The van der Waals surface area contributed by atoms with Crippen LogP contribution in [0, 0.1) is 0 Å². The van der Waals surface area contributed by atoms with Gasteiger partial charge in [0.2, 0.25) is 0 Å². The van der Waals surface area contributed by atoms with Gasteiger partial charge in [0, 0.05) is 12.5 Å². The highest BCUT2D eigenvalue weighted by atomic mass is 19.3. The van der Waals surface area contributed by atoms with E-state index >= 15 is 0 Å². The van der Waals surface area contributed by atoms with E-state index in [4.69, 9.17) is 0 Å². The molecule has 0 saturated carbocycles. The molecule has 0 aromatic heterocycles. The minimum absolute atomic E-state index is 0.402. The van der Waals surface area contributed by atoms with Crippen molar-refractivity contribution in [2.45, 2.75) is 25.3 Å². The summed E-state index contributed by atoms with van der Waals surface area (Å²) in [5, 5.41) is 10.2. The Labute approximate surface area is 62.6 Å². The first kappa shape index (κ1) is 8.23. The summed E-state index contributed by atoms with van der Waals surface area (Å²) in [7, 11) is 0. The molecular weight excluding hydrogens is 156 g/mol. The zero-order valence-corrected chi connectivity index (χ0v) is 6.01. The molecule has 1 aliphatic rings. The fourth-order valence-corrected chi connectivity index (χ4v) is 1.26. The first-order valence-electron chi connectivity index (χ1n) is 3.28. The Kier molecular flexibility index (Phi) is 1.74. The number of likely N-dealkylation sites (tertiary alicyclic amines) is 1. The van der Waals surface area contributed by atoms with E-state index in [2.05, 4.69) is 0 Å². The van der Waals surface area contributed by atoms with Crippen molar-refractivity contribution in [3.63, 3.8) is 0 Å². The van der Waals surface area contributed by atoms with Gasteiger partial charge in [-0.1, -0.05) is 0 Å². The Hall–Kier alpha value is -0.870. The number of hydrogen-bond donors (Lipinski definition) is 0. The lowest BCUT2D eigenvalue weighted by Crippen LogP contribution is -2.43. The van der Waals surface area contributed by atoms with Gasteiger partial charge < -0.3 is 14.8 Å². The highest BCUT2D eigenvalue weighted by Gasteiger charge is 2.42. The van der Waals surface area contributed by atoms with Gasteiger partial charge in [0.05, 0.1) is 6.54 Å². The molecule has 64 valence electrons. The van der Waals surface area contributed by atoms with Crippen LogP contribution in [0.3, 0.4) is 0 Å². The minimum Gasteiger partial charge on any atom is -0.530 e. The van der Waals surface area contributed by atoms with Gasteiger partial charge in [0.15, 0.2) is 0 Å². The van der Waals surface area contributed by atoms with Crippen molar-refractivity contribution in [1.29, 1.82) is 0 Å². The number of rotatable bonds is 0. The number of carbonyl (C=O) groups is 1. The van der Waals surface area contributed by atoms with Gasteiger partial charge in [-0.05, 0) is 6.92 Å². The van der Waals surface area contributed by atoms with Crippen molar-refractivity contribution < 1.29 is 18.7 Å². The van der Waals surface area contributed by atoms with Gasteiger partial charge in [0.25, 0.3) is 5.92 Å². The Balaban J connectivity index is 2.66. The summed E-state index contributed by atoms with van der Waals surface area (Å²) in [6.45, 7) is 0.715. The van der Waals surface area contributed by atoms with Crippen molar-refractivity contribution in [1.82, 2.24) is 4.90 Å². The Morgan fingerprint density at radius 3 is 2.45 bits per heavy atom. The zero-order chi connectivity index (χ0) is 8.65. The molecule has 3 nitrogen and oxygen atoms in total. The highest BCUT2D eigenvalue weighted by Crippen LogP contribution is 2.31. The van der Waals surface area contributed by atoms with Crippen molar-refractivity contribution in [3.05, 3.63) is 0 Å². The Morgan fingerprint density at radius 1 is 1.73 bits per heavy atom. The van der Waals surface area contributed by atoms with E-state index < -0.39 is 31.0 Å². The first-order valence-corrected chi connectivity index (χ1v) is 3.28. The number of nitrogens with zero attached hydrogens (tertiary/aromatic N) is 1. The summed E-state index contributed by atoms with van der Waals surface area (Å²) in [5.41, 5.74) is 0. The first-order chi connectivity index (χ1) is 4.92. The Morgan fingerprint density at radius 2 is 2.27 bits per heavy atom. The molecule has 1 amide bonds. The standard InChI is InChI=1S/C6H9F2NO2/c1-4-2-6(7,8)3-9(4)5(10)11/h4H,2-3H2,1H3,(H,10,11)/p-1/t4-/m1/s1. The number of halogens is 2. The molecule has 1 saturated heterocycles. The average Bonchev–Trinajstić information content (AvgIpc) is 2.05. The number of amides is 1. The second-order valence-corrected chi connectivity index (χ2v) is 2.80. The number of carboxylic acid groups (broad SMARTS) is 1. The van der Waals surface area contributed by atoms with Crippen molar-refractivity contribution in [2.75, 3.05) is 6.54 Å². The number of hydrogen-bond acceptors (Lipinski definition) is 2. The summed E-state index contributed by atoms with van der Waals surface area (Å²) < 4.78 is 24.9. The van der Waals surface area contributed by atoms with Crippen LogP contribution in [0.25, 0.3) is 0 Å². The van der Waals surface area contributed by atoms with Crippen LogP contribution in [-0.2, 0) is 0 Å². The van der Waals surface area contributed by atoms with E-state index in [0.717, 1.165) is 0 Å². The van der Waals surface area contributed by atoms with E-state index in [1.54, 1.807) is 0 Å². The number of alkyl halides is 2. The van der Waals surface area contributed by atoms with Crippen molar-refractivity contribution in [3.8, 4) is 0 Å². The van der Waals surface area contributed by atoms with Gasteiger partial charge in [-0.25, -0.2) is 8.78 Å². The van der Waals surface area contributed by atoms with E-state index in [-0.39, 0.29) is 0 Å². The molecule has 0 aliphatic carbocycles. The molecule has 0 radical (unpaired) electrons. The normalized spacial score (nSPS) is 29.0. The second kappa shape index (κ2) is 2.32. The third-order valence-corrected chi connectivity index (χ3v) is 1.76. The van der Waals surface area contributed by atoms with Gasteiger partial charge >= 0.3 is 0 Å². The molecule has 1 atom stereocenters. The molecule has 0 spiro atoms. The van der Waals surface area contributed by atoms with Crippen LogP contribution in [0.1, 0.15) is 13.3 Å². The summed E-state index contributed by atoms with van der Waals surface area (Å²) in [6, 6.07) is -0.630. The maximum atomic E-state index is 12.5. The van der Waals surface area contributed by atoms with Gasteiger partial charge in [-0.2, -0.15) is 0 Å². The molecule has 11 heavy (non-hydrogen) atoms. The van der Waals surface area contributed by atoms with Crippen LogP contribution in [0.2, 0.25) is 0 Å². The molecule has 0 N–H and O–H groups in total. The molecule has 1 fully saturated rings.